The van der Waals surface area contributed by atoms with E-state index >= 15 is 0 Å². The van der Waals surface area contributed by atoms with Crippen molar-refractivity contribution < 1.29 is 0 Å². The van der Waals surface area contributed by atoms with Crippen LogP contribution >= 0.6 is 0 Å². The predicted molar refractivity (Wildman–Crippen MR) is 90.6 cm³/mol. The van der Waals surface area contributed by atoms with Gasteiger partial charge in [0.05, 0.1) is 5.69 Å². The first-order chi connectivity index (χ1) is 11.1. The zero-order chi connectivity index (χ0) is 16.4. The van der Waals surface area contributed by atoms with Crippen LogP contribution in [0.1, 0.15) is 11.3 Å². The van der Waals surface area contributed by atoms with E-state index in [-0.39, 0.29) is 0 Å². The summed E-state index contributed by atoms with van der Waals surface area (Å²) >= 11 is 0. The molecule has 0 N–H and O–H groups in total. The molecule has 0 saturated heterocycles. The van der Waals surface area contributed by atoms with E-state index in [4.69, 9.17) is 0 Å². The van der Waals surface area contributed by atoms with Gasteiger partial charge in [-0.25, -0.2) is 4.68 Å². The first-order valence-electron chi connectivity index (χ1n) is 7.31. The smallest absolute Gasteiger partial charge is 0.191 e. The first kappa shape index (κ1) is 14.8. The van der Waals surface area contributed by atoms with E-state index < -0.39 is 0 Å². The molecule has 23 heavy (non-hydrogen) atoms. The molecule has 0 aliphatic rings. The molecule has 3 aromatic rings. The van der Waals surface area contributed by atoms with E-state index in [0.717, 1.165) is 22.5 Å². The summed E-state index contributed by atoms with van der Waals surface area (Å²) in [4.78, 5) is 2.04. The lowest BCUT2D eigenvalue weighted by atomic mass is 10.1. The second-order valence-corrected chi connectivity index (χ2v) is 5.59. The van der Waals surface area contributed by atoms with Gasteiger partial charge in [-0.3, -0.25) is 0 Å². The van der Waals surface area contributed by atoms with Crippen molar-refractivity contribution in [2.24, 2.45) is 0 Å². The number of aryl methyl sites for hydroxylation is 1. The van der Waals surface area contributed by atoms with E-state index in [1.54, 1.807) is 4.68 Å². The van der Waals surface area contributed by atoms with Crippen molar-refractivity contribution in [3.63, 3.8) is 0 Å². The van der Waals surface area contributed by atoms with Crippen LogP contribution in [0.2, 0.25) is 0 Å². The van der Waals surface area contributed by atoms with E-state index in [2.05, 4.69) is 16.4 Å². The second kappa shape index (κ2) is 5.93. The number of hydrogen-bond donors (Lipinski definition) is 0. The van der Waals surface area contributed by atoms with Gasteiger partial charge in [0, 0.05) is 25.3 Å². The molecular formula is C18H17N5. The highest BCUT2D eigenvalue weighted by atomic mass is 15.4. The number of benzene rings is 2. The number of aromatic nitrogens is 3. The third-order valence-electron chi connectivity index (χ3n) is 3.68. The van der Waals surface area contributed by atoms with Crippen LogP contribution in [-0.4, -0.2) is 29.1 Å². The largest absolute Gasteiger partial charge is 0.378 e. The highest BCUT2D eigenvalue weighted by Gasteiger charge is 2.16. The molecule has 1 aromatic heterocycles. The molecule has 0 amide bonds. The van der Waals surface area contributed by atoms with E-state index in [0.29, 0.717) is 11.4 Å². The molecule has 0 aliphatic heterocycles. The standard InChI is InChI=1S/C18H17N5/c1-13-5-4-6-14(11-13)18-17(12-19)20-21-23(18)16-9-7-15(8-10-16)22(2)3/h4-11H,1-3H3. The zero-order valence-electron chi connectivity index (χ0n) is 13.4. The average Bonchev–Trinajstić information content (AvgIpc) is 2.99. The van der Waals surface area contributed by atoms with Crippen LogP contribution in [0.3, 0.4) is 0 Å². The van der Waals surface area contributed by atoms with E-state index in [1.807, 2.05) is 74.4 Å². The third-order valence-corrected chi connectivity index (χ3v) is 3.68. The van der Waals surface area contributed by atoms with Crippen LogP contribution in [0.25, 0.3) is 16.9 Å². The van der Waals surface area contributed by atoms with Crippen molar-refractivity contribution in [3.05, 3.63) is 59.8 Å². The first-order valence-corrected chi connectivity index (χ1v) is 7.31. The minimum atomic E-state index is 0.326. The minimum absolute atomic E-state index is 0.326. The van der Waals surface area contributed by atoms with Gasteiger partial charge in [0.2, 0.25) is 0 Å². The number of anilines is 1. The maximum atomic E-state index is 9.35. The third kappa shape index (κ3) is 2.79. The summed E-state index contributed by atoms with van der Waals surface area (Å²) in [6.45, 7) is 2.02. The Morgan fingerprint density at radius 3 is 2.43 bits per heavy atom. The van der Waals surface area contributed by atoms with Crippen LogP contribution in [0.5, 0.6) is 0 Å². The van der Waals surface area contributed by atoms with Gasteiger partial charge < -0.3 is 4.90 Å². The van der Waals surface area contributed by atoms with E-state index in [1.165, 1.54) is 0 Å². The summed E-state index contributed by atoms with van der Waals surface area (Å²) in [7, 11) is 3.99. The summed E-state index contributed by atoms with van der Waals surface area (Å²) in [6.07, 6.45) is 0. The molecule has 1 heterocycles. The molecule has 0 radical (unpaired) electrons. The Balaban J connectivity index is 2.14. The van der Waals surface area contributed by atoms with Crippen molar-refractivity contribution in [1.29, 1.82) is 5.26 Å². The van der Waals surface area contributed by atoms with Gasteiger partial charge in [-0.2, -0.15) is 5.26 Å². The minimum Gasteiger partial charge on any atom is -0.378 e. The van der Waals surface area contributed by atoms with E-state index in [9.17, 15) is 5.26 Å². The van der Waals surface area contributed by atoms with Gasteiger partial charge in [0.1, 0.15) is 11.8 Å². The van der Waals surface area contributed by atoms with Crippen molar-refractivity contribution in [2.75, 3.05) is 19.0 Å². The molecule has 2 aromatic carbocycles. The molecule has 0 unspecified atom stereocenters. The Labute approximate surface area is 135 Å². The lowest BCUT2D eigenvalue weighted by Gasteiger charge is -2.13. The summed E-state index contributed by atoms with van der Waals surface area (Å²) in [5.74, 6) is 0. The Hall–Kier alpha value is -3.13. The van der Waals surface area contributed by atoms with Gasteiger partial charge in [-0.1, -0.05) is 29.0 Å². The van der Waals surface area contributed by atoms with Crippen LogP contribution in [0.15, 0.2) is 48.5 Å². The van der Waals surface area contributed by atoms with Crippen LogP contribution in [0.4, 0.5) is 5.69 Å². The normalized spacial score (nSPS) is 10.3. The van der Waals surface area contributed by atoms with Gasteiger partial charge in [0.15, 0.2) is 5.69 Å². The fraction of sp³-hybridized carbons (Fsp3) is 0.167. The van der Waals surface area contributed by atoms with Gasteiger partial charge in [0.25, 0.3) is 0 Å². The van der Waals surface area contributed by atoms with Crippen molar-refractivity contribution in [2.45, 2.75) is 6.92 Å². The van der Waals surface area contributed by atoms with Gasteiger partial charge >= 0.3 is 0 Å². The highest BCUT2D eigenvalue weighted by molar-refractivity contribution is 5.68. The highest BCUT2D eigenvalue weighted by Crippen LogP contribution is 2.26. The summed E-state index contributed by atoms with van der Waals surface area (Å²) in [6, 6.07) is 18.1. The second-order valence-electron chi connectivity index (χ2n) is 5.59. The summed E-state index contributed by atoms with van der Waals surface area (Å²) < 4.78 is 1.72. The predicted octanol–water partition coefficient (Wildman–Crippen LogP) is 3.18. The molecular weight excluding hydrogens is 286 g/mol. The Bertz CT molecular complexity index is 869. The Kier molecular flexibility index (Phi) is 3.82. The average molecular weight is 303 g/mol. The molecule has 0 spiro atoms. The van der Waals surface area contributed by atoms with Gasteiger partial charge in [-0.15, -0.1) is 5.10 Å². The summed E-state index contributed by atoms with van der Waals surface area (Å²) in [5.41, 5.74) is 5.08. The fourth-order valence-electron chi connectivity index (χ4n) is 2.48. The number of nitrogens with zero attached hydrogens (tertiary/aromatic N) is 5. The number of hydrogen-bond acceptors (Lipinski definition) is 4. The monoisotopic (exact) mass is 303 g/mol. The lowest BCUT2D eigenvalue weighted by molar-refractivity contribution is 0.806. The lowest BCUT2D eigenvalue weighted by Crippen LogP contribution is -2.08. The molecule has 0 atom stereocenters. The maximum Gasteiger partial charge on any atom is 0.191 e. The number of nitriles is 1. The Morgan fingerprint density at radius 1 is 1.09 bits per heavy atom. The molecule has 5 heteroatoms. The molecule has 0 fully saturated rings. The van der Waals surface area contributed by atoms with Gasteiger partial charge in [-0.05, 0) is 37.3 Å². The number of rotatable bonds is 3. The van der Waals surface area contributed by atoms with Crippen LogP contribution in [0, 0.1) is 18.3 Å². The Morgan fingerprint density at radius 2 is 1.83 bits per heavy atom. The van der Waals surface area contributed by atoms with Crippen molar-refractivity contribution in [1.82, 2.24) is 15.0 Å². The molecule has 0 bridgehead atoms. The zero-order valence-corrected chi connectivity index (χ0v) is 13.4. The fourth-order valence-corrected chi connectivity index (χ4v) is 2.48. The molecule has 3 rings (SSSR count). The molecule has 0 saturated carbocycles. The quantitative estimate of drug-likeness (QED) is 0.745. The van der Waals surface area contributed by atoms with Crippen LogP contribution < -0.4 is 4.90 Å². The topological polar surface area (TPSA) is 57.7 Å². The summed E-state index contributed by atoms with van der Waals surface area (Å²) in [5, 5.41) is 17.5. The van der Waals surface area contributed by atoms with Crippen molar-refractivity contribution in [3.8, 4) is 23.0 Å². The maximum absolute atomic E-state index is 9.35. The SMILES string of the molecule is Cc1cccc(-c2c(C#N)nnn2-c2ccc(N(C)C)cc2)c1. The molecule has 0 aliphatic carbocycles. The molecule has 5 nitrogen and oxygen atoms in total. The van der Waals surface area contributed by atoms with Crippen LogP contribution in [-0.2, 0) is 0 Å². The van der Waals surface area contributed by atoms with Crippen molar-refractivity contribution >= 4 is 5.69 Å². The molecule has 114 valence electrons.